The van der Waals surface area contributed by atoms with Crippen molar-refractivity contribution in [2.24, 2.45) is 0 Å². The number of methoxy groups -OCH3 is 2. The van der Waals surface area contributed by atoms with Crippen molar-refractivity contribution in [1.82, 2.24) is 9.88 Å². The minimum atomic E-state index is -0.821. The molecule has 1 aromatic carbocycles. The standard InChI is InChI=1S/C20H19ClN2O5/c1-27-10-9-23-17(14-5-3-4-8-22-14)16(19(25)20(23)26)18(24)12-6-7-13(21)15(11-12)28-2/h3-8,11,17,24H,9-10H2,1-2H3/b18-16-. The number of Topliss-reactive ketones (excluding diaryl/α,β-unsaturated/α-hetero) is 1. The average molecular weight is 403 g/mol. The third-order valence-corrected chi connectivity index (χ3v) is 4.78. The van der Waals surface area contributed by atoms with Crippen molar-refractivity contribution >= 4 is 29.1 Å². The predicted octanol–water partition coefficient (Wildman–Crippen LogP) is 2.81. The van der Waals surface area contributed by atoms with Gasteiger partial charge >= 0.3 is 0 Å². The number of carbonyl (C=O) groups is 2. The highest BCUT2D eigenvalue weighted by Gasteiger charge is 2.46. The average Bonchev–Trinajstić information content (AvgIpc) is 2.97. The fourth-order valence-corrected chi connectivity index (χ4v) is 3.30. The van der Waals surface area contributed by atoms with Crippen LogP contribution in [0.4, 0.5) is 0 Å². The molecule has 2 aromatic rings. The Morgan fingerprint density at radius 3 is 2.68 bits per heavy atom. The van der Waals surface area contributed by atoms with Crippen LogP contribution in [0.5, 0.6) is 5.75 Å². The van der Waals surface area contributed by atoms with E-state index in [-0.39, 0.29) is 24.5 Å². The summed E-state index contributed by atoms with van der Waals surface area (Å²) in [6.45, 7) is 0.425. The molecule has 1 N–H and O–H groups in total. The number of ether oxygens (including phenoxy) is 2. The van der Waals surface area contributed by atoms with Crippen LogP contribution in [0.3, 0.4) is 0 Å². The first-order chi connectivity index (χ1) is 13.5. The topological polar surface area (TPSA) is 89.0 Å². The lowest BCUT2D eigenvalue weighted by atomic mass is 9.98. The van der Waals surface area contributed by atoms with Gasteiger partial charge in [-0.3, -0.25) is 14.6 Å². The van der Waals surface area contributed by atoms with Crippen LogP contribution in [-0.2, 0) is 14.3 Å². The van der Waals surface area contributed by atoms with E-state index in [4.69, 9.17) is 21.1 Å². The lowest BCUT2D eigenvalue weighted by molar-refractivity contribution is -0.140. The molecular weight excluding hydrogens is 384 g/mol. The van der Waals surface area contributed by atoms with Gasteiger partial charge in [-0.25, -0.2) is 0 Å². The highest BCUT2D eigenvalue weighted by molar-refractivity contribution is 6.46. The summed E-state index contributed by atoms with van der Waals surface area (Å²) in [5.74, 6) is -1.47. The molecule has 1 amide bonds. The van der Waals surface area contributed by atoms with E-state index in [0.29, 0.717) is 22.0 Å². The second kappa shape index (κ2) is 8.41. The van der Waals surface area contributed by atoms with Crippen molar-refractivity contribution in [3.8, 4) is 5.75 Å². The van der Waals surface area contributed by atoms with E-state index >= 15 is 0 Å². The largest absolute Gasteiger partial charge is 0.507 e. The summed E-state index contributed by atoms with van der Waals surface area (Å²) in [5.41, 5.74) is 0.747. The number of carbonyl (C=O) groups excluding carboxylic acids is 2. The van der Waals surface area contributed by atoms with Crippen molar-refractivity contribution in [3.05, 3.63) is 64.4 Å². The molecule has 0 aliphatic carbocycles. The van der Waals surface area contributed by atoms with Gasteiger partial charge in [0.25, 0.3) is 11.7 Å². The number of benzene rings is 1. The van der Waals surface area contributed by atoms with Gasteiger partial charge < -0.3 is 19.5 Å². The third-order valence-electron chi connectivity index (χ3n) is 4.47. The Bertz CT molecular complexity index is 929. The van der Waals surface area contributed by atoms with Crippen LogP contribution in [0.2, 0.25) is 5.02 Å². The van der Waals surface area contributed by atoms with E-state index in [2.05, 4.69) is 4.98 Å². The lowest BCUT2D eigenvalue weighted by Crippen LogP contribution is -2.33. The van der Waals surface area contributed by atoms with E-state index in [1.165, 1.54) is 25.2 Å². The molecule has 1 unspecified atom stereocenters. The molecular formula is C20H19ClN2O5. The summed E-state index contributed by atoms with van der Waals surface area (Å²) in [6.07, 6.45) is 1.57. The smallest absolute Gasteiger partial charge is 0.295 e. The first-order valence-electron chi connectivity index (χ1n) is 8.51. The van der Waals surface area contributed by atoms with Crippen LogP contribution >= 0.6 is 11.6 Å². The minimum Gasteiger partial charge on any atom is -0.507 e. The summed E-state index contributed by atoms with van der Waals surface area (Å²) in [4.78, 5) is 31.0. The Kier molecular flexibility index (Phi) is 5.96. The highest BCUT2D eigenvalue weighted by Crippen LogP contribution is 2.39. The molecule has 1 fully saturated rings. The second-order valence-electron chi connectivity index (χ2n) is 6.09. The zero-order chi connectivity index (χ0) is 20.3. The summed E-state index contributed by atoms with van der Waals surface area (Å²) in [5, 5.41) is 11.3. The molecule has 7 nitrogen and oxygen atoms in total. The van der Waals surface area contributed by atoms with Crippen LogP contribution < -0.4 is 4.74 Å². The quantitative estimate of drug-likeness (QED) is 0.454. The summed E-state index contributed by atoms with van der Waals surface area (Å²) in [6, 6.07) is 8.98. The molecule has 28 heavy (non-hydrogen) atoms. The van der Waals surface area contributed by atoms with Gasteiger partial charge in [0.05, 0.1) is 30.0 Å². The lowest BCUT2D eigenvalue weighted by Gasteiger charge is -2.24. The Balaban J connectivity index is 2.16. The maximum Gasteiger partial charge on any atom is 0.295 e. The first kappa shape index (κ1) is 19.9. The van der Waals surface area contributed by atoms with Gasteiger partial charge in [0.1, 0.15) is 17.6 Å². The molecule has 1 aliphatic heterocycles. The monoisotopic (exact) mass is 402 g/mol. The van der Waals surface area contributed by atoms with Crippen LogP contribution in [0.1, 0.15) is 17.3 Å². The number of halogens is 1. The number of rotatable bonds is 6. The number of pyridine rings is 1. The van der Waals surface area contributed by atoms with E-state index in [9.17, 15) is 14.7 Å². The van der Waals surface area contributed by atoms with Gasteiger partial charge in [-0.2, -0.15) is 0 Å². The van der Waals surface area contributed by atoms with E-state index < -0.39 is 17.7 Å². The Morgan fingerprint density at radius 2 is 2.04 bits per heavy atom. The van der Waals surface area contributed by atoms with Crippen molar-refractivity contribution in [2.75, 3.05) is 27.4 Å². The molecule has 1 aliphatic rings. The van der Waals surface area contributed by atoms with Gasteiger partial charge in [-0.15, -0.1) is 0 Å². The zero-order valence-electron chi connectivity index (χ0n) is 15.4. The SMILES string of the molecule is COCCN1C(=O)C(=O)/C(=C(\O)c2ccc(Cl)c(OC)c2)C1c1ccccn1. The molecule has 0 saturated carbocycles. The molecule has 0 radical (unpaired) electrons. The molecule has 0 bridgehead atoms. The van der Waals surface area contributed by atoms with Crippen molar-refractivity contribution in [3.63, 3.8) is 0 Å². The zero-order valence-corrected chi connectivity index (χ0v) is 16.1. The first-order valence-corrected chi connectivity index (χ1v) is 8.89. The number of likely N-dealkylation sites (tertiary alicyclic amines) is 1. The van der Waals surface area contributed by atoms with Crippen molar-refractivity contribution in [1.29, 1.82) is 0 Å². The summed E-state index contributed by atoms with van der Waals surface area (Å²) < 4.78 is 10.2. The molecule has 2 heterocycles. The van der Waals surface area contributed by atoms with Crippen LogP contribution in [0, 0.1) is 0 Å². The summed E-state index contributed by atoms with van der Waals surface area (Å²) in [7, 11) is 2.95. The van der Waals surface area contributed by atoms with Crippen LogP contribution in [-0.4, -0.2) is 54.1 Å². The Labute approximate surface area is 167 Å². The highest BCUT2D eigenvalue weighted by atomic mass is 35.5. The molecule has 146 valence electrons. The van der Waals surface area contributed by atoms with E-state index in [0.717, 1.165) is 0 Å². The number of nitrogens with zero attached hydrogens (tertiary/aromatic N) is 2. The van der Waals surface area contributed by atoms with Crippen molar-refractivity contribution < 1.29 is 24.2 Å². The molecule has 1 saturated heterocycles. The van der Waals surface area contributed by atoms with Gasteiger partial charge in [-0.1, -0.05) is 17.7 Å². The number of ketones is 1. The minimum absolute atomic E-state index is 0.0378. The molecule has 1 aromatic heterocycles. The summed E-state index contributed by atoms with van der Waals surface area (Å²) >= 11 is 6.04. The number of hydrogen-bond donors (Lipinski definition) is 1. The number of hydrogen-bond acceptors (Lipinski definition) is 6. The Hall–Kier alpha value is -2.90. The fraction of sp³-hybridized carbons (Fsp3) is 0.250. The number of aliphatic hydroxyl groups is 1. The normalized spacial score (nSPS) is 18.5. The predicted molar refractivity (Wildman–Crippen MR) is 103 cm³/mol. The van der Waals surface area contributed by atoms with Crippen molar-refractivity contribution in [2.45, 2.75) is 6.04 Å². The maximum absolute atomic E-state index is 12.8. The number of amides is 1. The number of aliphatic hydroxyl groups excluding tert-OH is 1. The van der Waals surface area contributed by atoms with E-state index in [1.54, 1.807) is 36.5 Å². The second-order valence-corrected chi connectivity index (χ2v) is 6.50. The fourth-order valence-electron chi connectivity index (χ4n) is 3.11. The molecule has 0 spiro atoms. The van der Waals surface area contributed by atoms with Crippen LogP contribution in [0.15, 0.2) is 48.2 Å². The van der Waals surface area contributed by atoms with Gasteiger partial charge in [0.15, 0.2) is 0 Å². The van der Waals surface area contributed by atoms with Gasteiger partial charge in [0, 0.05) is 25.4 Å². The van der Waals surface area contributed by atoms with Gasteiger partial charge in [-0.05, 0) is 30.3 Å². The van der Waals surface area contributed by atoms with E-state index in [1.807, 2.05) is 0 Å². The molecule has 8 heteroatoms. The Morgan fingerprint density at radius 1 is 1.25 bits per heavy atom. The maximum atomic E-state index is 12.8. The number of aromatic nitrogens is 1. The third kappa shape index (κ3) is 3.58. The molecule has 3 rings (SSSR count). The van der Waals surface area contributed by atoms with Gasteiger partial charge in [0.2, 0.25) is 0 Å². The molecule has 1 atom stereocenters. The van der Waals surface area contributed by atoms with Crippen LogP contribution in [0.25, 0.3) is 5.76 Å².